The zero-order valence-electron chi connectivity index (χ0n) is 13.5. The van der Waals surface area contributed by atoms with Gasteiger partial charge in [-0.3, -0.25) is 0 Å². The topological polar surface area (TPSA) is 69.6 Å². The summed E-state index contributed by atoms with van der Waals surface area (Å²) in [6.45, 7) is 0. The average Bonchev–Trinajstić information content (AvgIpc) is 2.88. The predicted octanol–water partition coefficient (Wildman–Crippen LogP) is 5.46. The van der Waals surface area contributed by atoms with Crippen LogP contribution in [0.15, 0.2) is 17.3 Å². The molecule has 3 aromatic rings. The molecule has 150 valence electrons. The summed E-state index contributed by atoms with van der Waals surface area (Å²) in [6, 6.07) is 1.14. The molecule has 0 aliphatic heterocycles. The molecule has 0 saturated carbocycles. The van der Waals surface area contributed by atoms with E-state index in [4.69, 9.17) is 28.9 Å². The largest absolute Gasteiger partial charge is 0.434 e. The summed E-state index contributed by atoms with van der Waals surface area (Å²) in [5.74, 6) is -0.571. The zero-order chi connectivity index (χ0) is 21.0. The number of hydrogen-bond donors (Lipinski definition) is 1. The second-order valence-electron chi connectivity index (χ2n) is 5.34. The lowest BCUT2D eigenvalue weighted by molar-refractivity contribution is -0.140. The lowest BCUT2D eigenvalue weighted by Gasteiger charge is -2.13. The fourth-order valence-electron chi connectivity index (χ4n) is 2.39. The molecule has 0 saturated heterocycles. The van der Waals surface area contributed by atoms with Crippen LogP contribution in [0.1, 0.15) is 11.3 Å². The van der Waals surface area contributed by atoms with Crippen LogP contribution in [-0.2, 0) is 12.4 Å². The number of rotatable bonds is 2. The summed E-state index contributed by atoms with van der Waals surface area (Å²) >= 11 is 12.6. The number of alkyl halides is 6. The number of aromatic nitrogens is 4. The number of fused-ring (bicyclic) bond motifs is 1. The molecule has 14 heteroatoms. The van der Waals surface area contributed by atoms with E-state index >= 15 is 0 Å². The van der Waals surface area contributed by atoms with E-state index in [0.717, 1.165) is 11.8 Å². The van der Waals surface area contributed by atoms with Crippen molar-refractivity contribution in [2.24, 2.45) is 0 Å². The van der Waals surface area contributed by atoms with Crippen LogP contribution in [0, 0.1) is 0 Å². The molecule has 0 bridgehead atoms. The number of thioether (sulfide) groups is 1. The van der Waals surface area contributed by atoms with E-state index in [0.29, 0.717) is 16.8 Å². The lowest BCUT2D eigenvalue weighted by Crippen LogP contribution is -2.11. The van der Waals surface area contributed by atoms with Gasteiger partial charge in [-0.05, 0) is 18.4 Å². The number of nitrogens with zero attached hydrogens (tertiary/aromatic N) is 4. The van der Waals surface area contributed by atoms with Crippen molar-refractivity contribution >= 4 is 51.8 Å². The Morgan fingerprint density at radius 3 is 2.04 bits per heavy atom. The zero-order valence-corrected chi connectivity index (χ0v) is 15.8. The van der Waals surface area contributed by atoms with E-state index in [9.17, 15) is 26.3 Å². The quantitative estimate of drug-likeness (QED) is 0.311. The van der Waals surface area contributed by atoms with Gasteiger partial charge in [0.2, 0.25) is 0 Å². The van der Waals surface area contributed by atoms with Gasteiger partial charge >= 0.3 is 12.4 Å². The van der Waals surface area contributed by atoms with E-state index < -0.39 is 50.5 Å². The molecular formula is C14H7Cl2F6N5S. The van der Waals surface area contributed by atoms with E-state index in [1.165, 1.54) is 6.26 Å². The highest BCUT2D eigenvalue weighted by Gasteiger charge is 2.38. The number of benzene rings is 1. The first-order valence-corrected chi connectivity index (χ1v) is 9.06. The predicted molar refractivity (Wildman–Crippen MR) is 92.9 cm³/mol. The third-order valence-electron chi connectivity index (χ3n) is 3.56. The minimum absolute atomic E-state index is 0.214. The molecule has 3 rings (SSSR count). The Morgan fingerprint density at radius 1 is 1.00 bits per heavy atom. The highest BCUT2D eigenvalue weighted by molar-refractivity contribution is 7.98. The van der Waals surface area contributed by atoms with Gasteiger partial charge in [0.25, 0.3) is 0 Å². The van der Waals surface area contributed by atoms with Crippen LogP contribution in [0.5, 0.6) is 0 Å². The Kier molecular flexibility index (Phi) is 5.09. The molecule has 5 nitrogen and oxygen atoms in total. The van der Waals surface area contributed by atoms with Gasteiger partial charge in [-0.15, -0.1) is 5.10 Å². The minimum Gasteiger partial charge on any atom is -0.383 e. The van der Waals surface area contributed by atoms with Crippen LogP contribution in [0.4, 0.5) is 32.2 Å². The molecule has 0 aliphatic rings. The van der Waals surface area contributed by atoms with E-state index in [1.54, 1.807) is 0 Å². The number of halogens is 8. The molecular weight excluding hydrogens is 455 g/mol. The van der Waals surface area contributed by atoms with Crippen molar-refractivity contribution in [3.63, 3.8) is 0 Å². The minimum atomic E-state index is -4.87. The van der Waals surface area contributed by atoms with Crippen LogP contribution in [0.25, 0.3) is 16.7 Å². The molecule has 1 aromatic carbocycles. The second-order valence-corrected chi connectivity index (χ2v) is 6.93. The van der Waals surface area contributed by atoms with Crippen LogP contribution in [0.2, 0.25) is 10.0 Å². The number of hydrogen-bond acceptors (Lipinski definition) is 5. The van der Waals surface area contributed by atoms with E-state index in [-0.39, 0.29) is 10.8 Å². The highest BCUT2D eigenvalue weighted by atomic mass is 35.5. The van der Waals surface area contributed by atoms with Crippen LogP contribution in [-0.4, -0.2) is 26.0 Å². The van der Waals surface area contributed by atoms with Crippen molar-refractivity contribution in [2.45, 2.75) is 17.5 Å². The van der Waals surface area contributed by atoms with E-state index in [2.05, 4.69) is 15.1 Å². The first-order valence-electron chi connectivity index (χ1n) is 7.08. The monoisotopic (exact) mass is 461 g/mol. The van der Waals surface area contributed by atoms with Gasteiger partial charge in [0.1, 0.15) is 11.5 Å². The van der Waals surface area contributed by atoms with Gasteiger partial charge in [0, 0.05) is 0 Å². The van der Waals surface area contributed by atoms with Crippen molar-refractivity contribution in [2.75, 3.05) is 12.0 Å². The molecule has 0 unspecified atom stereocenters. The van der Waals surface area contributed by atoms with Gasteiger partial charge in [0.05, 0.1) is 21.0 Å². The van der Waals surface area contributed by atoms with Crippen molar-refractivity contribution in [3.05, 3.63) is 33.4 Å². The Labute approximate surface area is 166 Å². The molecule has 0 fully saturated rings. The molecule has 0 aliphatic carbocycles. The summed E-state index contributed by atoms with van der Waals surface area (Å²) in [7, 11) is 0. The fourth-order valence-corrected chi connectivity index (χ4v) is 3.40. The SMILES string of the molecule is CSc1nc(C(F)(F)F)c2c(N)n(-c3c(Cl)cc(C(F)(F)F)cc3Cl)nc2n1. The molecule has 0 atom stereocenters. The average molecular weight is 462 g/mol. The summed E-state index contributed by atoms with van der Waals surface area (Å²) in [4.78, 5) is 7.29. The van der Waals surface area contributed by atoms with E-state index in [1.807, 2.05) is 0 Å². The van der Waals surface area contributed by atoms with Gasteiger partial charge in [0.15, 0.2) is 16.5 Å². The van der Waals surface area contributed by atoms with Crippen molar-refractivity contribution in [1.29, 1.82) is 0 Å². The fraction of sp³-hybridized carbons (Fsp3) is 0.214. The molecule has 0 spiro atoms. The highest BCUT2D eigenvalue weighted by Crippen LogP contribution is 2.41. The van der Waals surface area contributed by atoms with Crippen LogP contribution >= 0.6 is 35.0 Å². The second kappa shape index (κ2) is 6.85. The molecule has 2 aromatic heterocycles. The molecule has 0 radical (unpaired) electrons. The maximum Gasteiger partial charge on any atom is 0.434 e. The molecule has 2 N–H and O–H groups in total. The maximum absolute atomic E-state index is 13.4. The Hall–Kier alpha value is -1.92. The first kappa shape index (κ1) is 20.8. The summed E-state index contributed by atoms with van der Waals surface area (Å²) in [5, 5.41) is 2.01. The molecule has 0 amide bonds. The number of nitrogens with two attached hydrogens (primary N) is 1. The Bertz CT molecular complexity index is 1060. The third-order valence-corrected chi connectivity index (χ3v) is 4.68. The van der Waals surface area contributed by atoms with Gasteiger partial charge in [-0.1, -0.05) is 35.0 Å². The van der Waals surface area contributed by atoms with Crippen molar-refractivity contribution < 1.29 is 26.3 Å². The standard InChI is InChI=1S/C14H7Cl2F6N5S/c1-28-12-24-9(14(20,21)22)7-10(23)27(26-11(7)25-12)8-5(15)2-4(3-6(8)16)13(17,18)19/h2-3H,23H2,1H3. The maximum atomic E-state index is 13.4. The van der Waals surface area contributed by atoms with Gasteiger partial charge in [-0.2, -0.15) is 26.3 Å². The summed E-state index contributed by atoms with van der Waals surface area (Å²) in [5.41, 5.74) is 2.61. The van der Waals surface area contributed by atoms with Crippen molar-refractivity contribution in [1.82, 2.24) is 19.7 Å². The number of anilines is 1. The van der Waals surface area contributed by atoms with Crippen LogP contribution in [0.3, 0.4) is 0 Å². The lowest BCUT2D eigenvalue weighted by atomic mass is 10.2. The Balaban J connectivity index is 2.33. The summed E-state index contributed by atoms with van der Waals surface area (Å²) in [6.07, 6.45) is -8.14. The van der Waals surface area contributed by atoms with Crippen molar-refractivity contribution in [3.8, 4) is 5.69 Å². The smallest absolute Gasteiger partial charge is 0.383 e. The third kappa shape index (κ3) is 3.55. The normalized spacial score (nSPS) is 12.8. The number of nitrogen functional groups attached to an aromatic ring is 1. The summed E-state index contributed by atoms with van der Waals surface area (Å²) < 4.78 is 79.6. The Morgan fingerprint density at radius 2 is 1.57 bits per heavy atom. The first-order chi connectivity index (χ1) is 12.8. The van der Waals surface area contributed by atoms with Gasteiger partial charge < -0.3 is 5.73 Å². The molecule has 28 heavy (non-hydrogen) atoms. The van der Waals surface area contributed by atoms with Gasteiger partial charge in [-0.25, -0.2) is 14.6 Å². The molecule has 2 heterocycles. The van der Waals surface area contributed by atoms with Crippen LogP contribution < -0.4 is 5.73 Å².